The maximum Gasteiger partial charge on any atom is 0.434 e. The highest BCUT2D eigenvalue weighted by Gasteiger charge is 2.34. The Bertz CT molecular complexity index is 1390. The number of halogens is 1. The number of aryl methyl sites for hydroxylation is 2. The molecule has 174 valence electrons. The van der Waals surface area contributed by atoms with E-state index in [0.717, 1.165) is 17.5 Å². The third kappa shape index (κ3) is 4.40. The largest absolute Gasteiger partial charge is 0.434 e. The van der Waals surface area contributed by atoms with Crippen LogP contribution in [-0.2, 0) is 16.4 Å². The van der Waals surface area contributed by atoms with E-state index in [2.05, 4.69) is 14.9 Å². The second-order valence-corrected chi connectivity index (χ2v) is 10.1. The van der Waals surface area contributed by atoms with Crippen LogP contribution < -0.4 is 10.5 Å². The third-order valence-corrected chi connectivity index (χ3v) is 7.67. The molecular formula is C23H24FN3O5S. The Hall–Kier alpha value is -3.11. The van der Waals surface area contributed by atoms with E-state index in [1.165, 1.54) is 18.2 Å². The number of nitrogens with zero attached hydrogens (tertiary/aromatic N) is 1. The summed E-state index contributed by atoms with van der Waals surface area (Å²) in [7, 11) is -4.18. The van der Waals surface area contributed by atoms with Crippen LogP contribution in [0.2, 0.25) is 0 Å². The van der Waals surface area contributed by atoms with Gasteiger partial charge < -0.3 is 4.42 Å². The maximum atomic E-state index is 14.8. The molecule has 8 nitrogen and oxygen atoms in total. The second kappa shape index (κ2) is 8.68. The maximum absolute atomic E-state index is 14.8. The molecule has 1 aliphatic carbocycles. The minimum atomic E-state index is -4.18. The van der Waals surface area contributed by atoms with Gasteiger partial charge in [-0.3, -0.25) is 4.79 Å². The third-order valence-electron chi connectivity index (χ3n) is 6.23. The highest BCUT2D eigenvalue weighted by molar-refractivity contribution is 7.89. The number of H-pyrrole nitrogens is 1. The number of carbonyl (C=O) groups is 1. The molecule has 2 N–H and O–H groups in total. The number of hydrogen-bond donors (Lipinski definition) is 2. The summed E-state index contributed by atoms with van der Waals surface area (Å²) in [6, 6.07) is 6.20. The zero-order valence-electron chi connectivity index (χ0n) is 18.4. The molecule has 0 fully saturated rings. The number of carbonyl (C=O) groups excluding carboxylic acids is 1. The van der Waals surface area contributed by atoms with E-state index < -0.39 is 33.6 Å². The highest BCUT2D eigenvalue weighted by atomic mass is 32.2. The Balaban J connectivity index is 1.77. The van der Waals surface area contributed by atoms with Crippen molar-refractivity contribution in [2.75, 3.05) is 0 Å². The molecule has 4 rings (SSSR count). The van der Waals surface area contributed by atoms with Gasteiger partial charge in [-0.25, -0.2) is 22.7 Å². The molecule has 0 amide bonds. The Morgan fingerprint density at radius 2 is 1.91 bits per heavy atom. The lowest BCUT2D eigenvalue weighted by atomic mass is 9.88. The van der Waals surface area contributed by atoms with Gasteiger partial charge >= 0.3 is 5.76 Å². The molecule has 3 aromatic rings. The van der Waals surface area contributed by atoms with Crippen LogP contribution in [-0.4, -0.2) is 24.4 Å². The van der Waals surface area contributed by atoms with Crippen LogP contribution in [0.5, 0.6) is 0 Å². The lowest BCUT2D eigenvalue weighted by molar-refractivity contribution is 0.0972. The monoisotopic (exact) mass is 473 g/mol. The zero-order valence-corrected chi connectivity index (χ0v) is 19.3. The molecule has 2 unspecified atom stereocenters. The molecule has 1 heterocycles. The number of ketones is 1. The number of Topliss-reactive ketones (excluding diaryl/α,β-unsaturated/α-hetero) is 1. The van der Waals surface area contributed by atoms with E-state index in [9.17, 15) is 22.4 Å². The molecule has 0 radical (unpaired) electrons. The Kier molecular flexibility index (Phi) is 6.06. The quantitative estimate of drug-likeness (QED) is 0.565. The van der Waals surface area contributed by atoms with Crippen molar-refractivity contribution < 1.29 is 22.0 Å². The van der Waals surface area contributed by atoms with Gasteiger partial charge in [-0.1, -0.05) is 19.1 Å². The van der Waals surface area contributed by atoms with Crippen LogP contribution in [0.25, 0.3) is 0 Å². The Morgan fingerprint density at radius 3 is 2.61 bits per heavy atom. The average Bonchev–Trinajstić information content (AvgIpc) is 3.21. The lowest BCUT2D eigenvalue weighted by Crippen LogP contribution is -2.33. The van der Waals surface area contributed by atoms with Crippen molar-refractivity contribution in [1.29, 1.82) is 0 Å². The van der Waals surface area contributed by atoms with E-state index in [1.807, 2.05) is 6.92 Å². The van der Waals surface area contributed by atoms with E-state index in [-0.39, 0.29) is 22.1 Å². The van der Waals surface area contributed by atoms with Crippen molar-refractivity contribution in [3.8, 4) is 0 Å². The van der Waals surface area contributed by atoms with Gasteiger partial charge in [-0.05, 0) is 67.1 Å². The van der Waals surface area contributed by atoms with Crippen LogP contribution in [0, 0.1) is 19.7 Å². The normalized spacial score (nSPS) is 15.8. The summed E-state index contributed by atoms with van der Waals surface area (Å²) < 4.78 is 49.0. The van der Waals surface area contributed by atoms with Crippen LogP contribution in [0.3, 0.4) is 0 Å². The molecule has 1 aliphatic rings. The summed E-state index contributed by atoms with van der Waals surface area (Å²) in [5.41, 5.74) is 2.97. The van der Waals surface area contributed by atoms with E-state index in [4.69, 9.17) is 4.42 Å². The van der Waals surface area contributed by atoms with Crippen LogP contribution in [0.15, 0.2) is 44.4 Å². The minimum absolute atomic E-state index is 0.103. The molecule has 0 spiro atoms. The first-order valence-corrected chi connectivity index (χ1v) is 12.1. The van der Waals surface area contributed by atoms with Crippen molar-refractivity contribution in [1.82, 2.24) is 14.9 Å². The van der Waals surface area contributed by atoms with Gasteiger partial charge in [0.25, 0.3) is 0 Å². The molecule has 2 aromatic carbocycles. The molecule has 0 aliphatic heterocycles. The standard InChI is InChI=1S/C23H24FN3O5S/c1-12-7-10-18(24)20(13(12)2)14(3)21(22-25-26-23(29)32-22)27-33(30,31)16-9-8-15-5-4-6-19(28)17(15)11-16/h7-11,14,21,27H,4-6H2,1-3H3,(H,26,29). The first-order valence-electron chi connectivity index (χ1n) is 10.6. The van der Waals surface area contributed by atoms with E-state index >= 15 is 0 Å². The van der Waals surface area contributed by atoms with E-state index in [0.29, 0.717) is 24.0 Å². The summed E-state index contributed by atoms with van der Waals surface area (Å²) in [5, 5.41) is 5.92. The molecule has 1 aromatic heterocycles. The van der Waals surface area contributed by atoms with Crippen LogP contribution >= 0.6 is 0 Å². The van der Waals surface area contributed by atoms with Gasteiger partial charge in [0.2, 0.25) is 15.9 Å². The van der Waals surface area contributed by atoms with Gasteiger partial charge in [0.1, 0.15) is 11.9 Å². The number of nitrogens with one attached hydrogen (secondary N) is 2. The summed E-state index contributed by atoms with van der Waals surface area (Å²) in [6.07, 6.45) is 1.81. The topological polar surface area (TPSA) is 122 Å². The fraction of sp³-hybridized carbons (Fsp3) is 0.348. The summed E-state index contributed by atoms with van der Waals surface area (Å²) in [5.74, 6) is -2.46. The minimum Gasteiger partial charge on any atom is -0.391 e. The van der Waals surface area contributed by atoms with Gasteiger partial charge in [0.15, 0.2) is 5.78 Å². The van der Waals surface area contributed by atoms with Gasteiger partial charge in [0.05, 0.1) is 4.90 Å². The first kappa shape index (κ1) is 23.1. The van der Waals surface area contributed by atoms with Gasteiger partial charge in [0, 0.05) is 17.9 Å². The Morgan fingerprint density at radius 1 is 1.15 bits per heavy atom. The Labute approximate surface area is 190 Å². The van der Waals surface area contributed by atoms with Gasteiger partial charge in [-0.2, -0.15) is 4.72 Å². The van der Waals surface area contributed by atoms with Crippen molar-refractivity contribution in [2.24, 2.45) is 0 Å². The lowest BCUT2D eigenvalue weighted by Gasteiger charge is -2.25. The molecule has 0 saturated carbocycles. The number of aromatic amines is 1. The molecule has 2 atom stereocenters. The van der Waals surface area contributed by atoms with Crippen LogP contribution in [0.4, 0.5) is 4.39 Å². The zero-order chi connectivity index (χ0) is 23.9. The van der Waals surface area contributed by atoms with Crippen molar-refractivity contribution >= 4 is 15.8 Å². The summed E-state index contributed by atoms with van der Waals surface area (Å²) in [6.45, 7) is 5.19. The van der Waals surface area contributed by atoms with Crippen molar-refractivity contribution in [3.63, 3.8) is 0 Å². The number of benzene rings is 2. The fourth-order valence-corrected chi connectivity index (χ4v) is 5.58. The van der Waals surface area contributed by atoms with Gasteiger partial charge in [-0.15, -0.1) is 5.10 Å². The number of fused-ring (bicyclic) bond motifs is 1. The van der Waals surface area contributed by atoms with E-state index in [1.54, 1.807) is 26.0 Å². The predicted octanol–water partition coefficient (Wildman–Crippen LogP) is 3.46. The fourth-order valence-electron chi connectivity index (χ4n) is 4.28. The molecular weight excluding hydrogens is 449 g/mol. The second-order valence-electron chi connectivity index (χ2n) is 8.34. The molecule has 10 heteroatoms. The number of sulfonamides is 1. The SMILES string of the molecule is Cc1ccc(F)c(C(C)C(NS(=O)(=O)c2ccc3c(c2)C(=O)CCC3)c2n[nH]c(=O)o2)c1C. The van der Waals surface area contributed by atoms with Crippen molar-refractivity contribution in [3.05, 3.63) is 80.4 Å². The number of rotatable bonds is 6. The number of hydrogen-bond acceptors (Lipinski definition) is 6. The molecule has 33 heavy (non-hydrogen) atoms. The summed E-state index contributed by atoms with van der Waals surface area (Å²) in [4.78, 5) is 23.8. The predicted molar refractivity (Wildman–Crippen MR) is 118 cm³/mol. The van der Waals surface area contributed by atoms with Crippen molar-refractivity contribution in [2.45, 2.75) is 56.9 Å². The average molecular weight is 474 g/mol. The smallest absolute Gasteiger partial charge is 0.391 e. The summed E-state index contributed by atoms with van der Waals surface area (Å²) >= 11 is 0. The first-order chi connectivity index (χ1) is 15.6. The highest BCUT2D eigenvalue weighted by Crippen LogP contribution is 2.35. The number of aromatic nitrogens is 2. The molecule has 0 saturated heterocycles. The molecule has 0 bridgehead atoms. The van der Waals surface area contributed by atoms with Crippen LogP contribution in [0.1, 0.15) is 70.2 Å².